The van der Waals surface area contributed by atoms with E-state index in [1.807, 2.05) is 4.90 Å². The Balaban J connectivity index is 1.58. The monoisotopic (exact) mass is 396 g/mol. The van der Waals surface area contributed by atoms with Gasteiger partial charge in [0.05, 0.1) is 11.1 Å². The summed E-state index contributed by atoms with van der Waals surface area (Å²) in [7, 11) is 0. The van der Waals surface area contributed by atoms with Crippen LogP contribution < -0.4 is 9.64 Å². The van der Waals surface area contributed by atoms with Gasteiger partial charge >= 0.3 is 6.36 Å². The first-order valence-corrected chi connectivity index (χ1v) is 8.23. The van der Waals surface area contributed by atoms with E-state index in [1.54, 1.807) is 4.90 Å². The van der Waals surface area contributed by atoms with Gasteiger partial charge in [0.2, 0.25) is 0 Å². The molecular weight excluding hydrogens is 381 g/mol. The van der Waals surface area contributed by atoms with Gasteiger partial charge in [-0.3, -0.25) is 14.9 Å². The molecule has 148 valence electrons. The fourth-order valence-corrected chi connectivity index (χ4v) is 2.80. The first kappa shape index (κ1) is 19.4. The molecule has 1 aliphatic heterocycles. The number of hydrogen-bond acceptors (Lipinski definition) is 6. The lowest BCUT2D eigenvalue weighted by Crippen LogP contribution is -2.49. The van der Waals surface area contributed by atoms with Crippen LogP contribution in [0.1, 0.15) is 10.4 Å². The highest BCUT2D eigenvalue weighted by molar-refractivity contribution is 5.94. The molecule has 1 aliphatic rings. The fraction of sp³-hybridized carbons (Fsp3) is 0.294. The molecule has 0 aliphatic carbocycles. The smallest absolute Gasteiger partial charge is 0.404 e. The molecule has 8 nitrogen and oxygen atoms in total. The van der Waals surface area contributed by atoms with Gasteiger partial charge in [0.1, 0.15) is 11.6 Å². The normalized spacial score (nSPS) is 14.7. The van der Waals surface area contributed by atoms with Crippen LogP contribution in [0.5, 0.6) is 5.75 Å². The van der Waals surface area contributed by atoms with Gasteiger partial charge in [-0.15, -0.1) is 13.2 Å². The first-order chi connectivity index (χ1) is 13.2. The predicted molar refractivity (Wildman–Crippen MR) is 92.1 cm³/mol. The number of alkyl halides is 3. The summed E-state index contributed by atoms with van der Waals surface area (Å²) in [4.78, 5) is 30.1. The summed E-state index contributed by atoms with van der Waals surface area (Å²) in [5.41, 5.74) is 0.260. The van der Waals surface area contributed by atoms with Crippen LogP contribution in [0.2, 0.25) is 0 Å². The summed E-state index contributed by atoms with van der Waals surface area (Å²) in [6.07, 6.45) is -3.77. The molecule has 2 heterocycles. The lowest BCUT2D eigenvalue weighted by molar-refractivity contribution is -0.384. The molecular formula is C17H15F3N4O4. The van der Waals surface area contributed by atoms with Crippen molar-refractivity contribution in [3.63, 3.8) is 0 Å². The summed E-state index contributed by atoms with van der Waals surface area (Å²) in [6, 6.07) is 7.98. The molecule has 1 amide bonds. The summed E-state index contributed by atoms with van der Waals surface area (Å²) in [5, 5.41) is 10.7. The zero-order chi connectivity index (χ0) is 20.3. The van der Waals surface area contributed by atoms with Crippen LogP contribution in [0.4, 0.5) is 24.7 Å². The minimum atomic E-state index is -4.77. The number of carbonyl (C=O) groups is 1. The van der Waals surface area contributed by atoms with E-state index in [0.717, 1.165) is 6.20 Å². The van der Waals surface area contributed by atoms with Crippen LogP contribution in [0, 0.1) is 10.1 Å². The predicted octanol–water partition coefficient (Wildman–Crippen LogP) is 2.85. The Morgan fingerprint density at radius 3 is 2.21 bits per heavy atom. The Labute approximate surface area is 157 Å². The Morgan fingerprint density at radius 1 is 1.07 bits per heavy atom. The van der Waals surface area contributed by atoms with Gasteiger partial charge in [0, 0.05) is 43.9 Å². The summed E-state index contributed by atoms with van der Waals surface area (Å²) >= 11 is 0. The Hall–Kier alpha value is -3.37. The maximum atomic E-state index is 12.5. The Kier molecular flexibility index (Phi) is 5.34. The molecule has 1 aromatic carbocycles. The molecule has 0 bridgehead atoms. The zero-order valence-electron chi connectivity index (χ0n) is 14.4. The van der Waals surface area contributed by atoms with Crippen molar-refractivity contribution >= 4 is 17.4 Å². The first-order valence-electron chi connectivity index (χ1n) is 8.23. The van der Waals surface area contributed by atoms with Crippen LogP contribution in [0.3, 0.4) is 0 Å². The van der Waals surface area contributed by atoms with E-state index < -0.39 is 17.0 Å². The molecule has 2 aromatic rings. The number of aromatic nitrogens is 1. The van der Waals surface area contributed by atoms with Gasteiger partial charge in [-0.1, -0.05) is 0 Å². The number of non-ortho nitro benzene ring substituents is 1. The molecule has 0 unspecified atom stereocenters. The molecule has 0 N–H and O–H groups in total. The average Bonchev–Trinajstić information content (AvgIpc) is 2.67. The maximum absolute atomic E-state index is 12.5. The highest BCUT2D eigenvalue weighted by Crippen LogP contribution is 2.24. The molecule has 0 radical (unpaired) electrons. The molecule has 1 aromatic heterocycles. The molecule has 11 heteroatoms. The topological polar surface area (TPSA) is 88.8 Å². The number of carbonyl (C=O) groups excluding carboxylic acids is 1. The van der Waals surface area contributed by atoms with Crippen LogP contribution in [0.15, 0.2) is 42.6 Å². The van der Waals surface area contributed by atoms with Crippen molar-refractivity contribution in [2.24, 2.45) is 0 Å². The number of rotatable bonds is 4. The standard InChI is InChI=1S/C17H15F3N4O4/c18-17(19,20)28-14-5-6-15(21-11-14)22-7-9-23(10-8-22)16(25)12-1-3-13(4-2-12)24(26)27/h1-6,11H,7-10H2. The lowest BCUT2D eigenvalue weighted by Gasteiger charge is -2.35. The number of amides is 1. The number of anilines is 1. The number of benzene rings is 1. The van der Waals surface area contributed by atoms with E-state index in [-0.39, 0.29) is 11.6 Å². The van der Waals surface area contributed by atoms with Crippen molar-refractivity contribution in [2.75, 3.05) is 31.1 Å². The van der Waals surface area contributed by atoms with Gasteiger partial charge in [-0.2, -0.15) is 0 Å². The van der Waals surface area contributed by atoms with Gasteiger partial charge in [-0.05, 0) is 24.3 Å². The minimum Gasteiger partial charge on any atom is -0.404 e. The van der Waals surface area contributed by atoms with Crippen molar-refractivity contribution in [1.82, 2.24) is 9.88 Å². The highest BCUT2D eigenvalue weighted by atomic mass is 19.4. The van der Waals surface area contributed by atoms with Gasteiger partial charge in [0.25, 0.3) is 11.6 Å². The van der Waals surface area contributed by atoms with E-state index in [2.05, 4.69) is 9.72 Å². The van der Waals surface area contributed by atoms with E-state index in [0.29, 0.717) is 37.6 Å². The highest BCUT2D eigenvalue weighted by Gasteiger charge is 2.31. The number of nitro groups is 1. The third-order valence-corrected chi connectivity index (χ3v) is 4.17. The summed E-state index contributed by atoms with van der Waals surface area (Å²) in [5.74, 6) is -0.156. The second-order valence-corrected chi connectivity index (χ2v) is 5.98. The van der Waals surface area contributed by atoms with E-state index in [1.165, 1.54) is 36.4 Å². The molecule has 0 spiro atoms. The Bertz CT molecular complexity index is 848. The molecule has 28 heavy (non-hydrogen) atoms. The van der Waals surface area contributed by atoms with E-state index in [9.17, 15) is 28.1 Å². The number of nitro benzene ring substituents is 1. The van der Waals surface area contributed by atoms with Crippen molar-refractivity contribution in [1.29, 1.82) is 0 Å². The van der Waals surface area contributed by atoms with Gasteiger partial charge in [-0.25, -0.2) is 4.98 Å². The van der Waals surface area contributed by atoms with Crippen molar-refractivity contribution in [3.8, 4) is 5.75 Å². The number of halogens is 3. The number of ether oxygens (including phenoxy) is 1. The van der Waals surface area contributed by atoms with Crippen molar-refractivity contribution in [2.45, 2.75) is 6.36 Å². The van der Waals surface area contributed by atoms with Gasteiger partial charge in [0.15, 0.2) is 0 Å². The second-order valence-electron chi connectivity index (χ2n) is 5.98. The molecule has 0 atom stereocenters. The number of pyridine rings is 1. The molecule has 1 saturated heterocycles. The molecule has 0 saturated carbocycles. The number of piperazine rings is 1. The quantitative estimate of drug-likeness (QED) is 0.583. The van der Waals surface area contributed by atoms with Crippen LogP contribution in [-0.4, -0.2) is 53.3 Å². The SMILES string of the molecule is O=C(c1ccc([N+](=O)[O-])cc1)N1CCN(c2ccc(OC(F)(F)F)cn2)CC1. The van der Waals surface area contributed by atoms with Crippen LogP contribution in [0.25, 0.3) is 0 Å². The maximum Gasteiger partial charge on any atom is 0.573 e. The Morgan fingerprint density at radius 2 is 1.71 bits per heavy atom. The molecule has 1 fully saturated rings. The zero-order valence-corrected chi connectivity index (χ0v) is 14.4. The summed E-state index contributed by atoms with van der Waals surface area (Å²) < 4.78 is 40.3. The van der Waals surface area contributed by atoms with Crippen molar-refractivity contribution < 1.29 is 27.6 Å². The number of nitrogens with zero attached hydrogens (tertiary/aromatic N) is 4. The van der Waals surface area contributed by atoms with E-state index >= 15 is 0 Å². The third-order valence-electron chi connectivity index (χ3n) is 4.17. The van der Waals surface area contributed by atoms with E-state index in [4.69, 9.17) is 0 Å². The largest absolute Gasteiger partial charge is 0.573 e. The molecule has 3 rings (SSSR count). The second kappa shape index (κ2) is 7.71. The van der Waals surface area contributed by atoms with Crippen LogP contribution >= 0.6 is 0 Å². The number of hydrogen-bond donors (Lipinski definition) is 0. The lowest BCUT2D eigenvalue weighted by atomic mass is 10.1. The third kappa shape index (κ3) is 4.67. The van der Waals surface area contributed by atoms with Gasteiger partial charge < -0.3 is 14.5 Å². The van der Waals surface area contributed by atoms with Crippen molar-refractivity contribution in [3.05, 3.63) is 58.3 Å². The fourth-order valence-electron chi connectivity index (χ4n) is 2.80. The summed E-state index contributed by atoms with van der Waals surface area (Å²) in [6.45, 7) is 1.67. The van der Waals surface area contributed by atoms with Crippen LogP contribution in [-0.2, 0) is 0 Å². The average molecular weight is 396 g/mol. The minimum absolute atomic E-state index is 0.0922.